The Morgan fingerprint density at radius 1 is 1.42 bits per heavy atom. The fourth-order valence-corrected chi connectivity index (χ4v) is 1.75. The Kier molecular flexibility index (Phi) is 5.40. The zero-order chi connectivity index (χ0) is 14.6. The minimum Gasteiger partial charge on any atom is -0.394 e. The van der Waals surface area contributed by atoms with E-state index in [4.69, 9.17) is 0 Å². The maximum atomic E-state index is 12.8. The highest BCUT2D eigenvalue weighted by atomic mass is 19.1. The van der Waals surface area contributed by atoms with E-state index in [0.717, 1.165) is 6.20 Å². The van der Waals surface area contributed by atoms with E-state index in [-0.39, 0.29) is 18.1 Å². The van der Waals surface area contributed by atoms with Gasteiger partial charge < -0.3 is 10.2 Å². The Morgan fingerprint density at radius 3 is 2.53 bits per heavy atom. The summed E-state index contributed by atoms with van der Waals surface area (Å²) < 4.78 is 12.8. The molecule has 1 aromatic heterocycles. The standard InChI is InChI=1S/C14H23FN2O2/c1-10(8-17(4)14(2,3)9-18)13(19)12-6-5-11(15)7-16-12/h5-7,10,13,18-19H,8-9H2,1-4H3. The fraction of sp³-hybridized carbons (Fsp3) is 0.643. The van der Waals surface area contributed by atoms with Crippen LogP contribution >= 0.6 is 0 Å². The second-order valence-electron chi connectivity index (χ2n) is 5.67. The SMILES string of the molecule is CC(CN(C)C(C)(C)CO)C(O)c1ccc(F)cn1. The van der Waals surface area contributed by atoms with Gasteiger partial charge in [0.2, 0.25) is 0 Å². The lowest BCUT2D eigenvalue weighted by Crippen LogP contribution is -2.46. The Morgan fingerprint density at radius 2 is 2.05 bits per heavy atom. The first kappa shape index (κ1) is 16.0. The zero-order valence-corrected chi connectivity index (χ0v) is 12.0. The molecule has 0 spiro atoms. The molecule has 19 heavy (non-hydrogen) atoms. The average molecular weight is 270 g/mol. The fourth-order valence-electron chi connectivity index (χ4n) is 1.75. The Balaban J connectivity index is 2.67. The lowest BCUT2D eigenvalue weighted by atomic mass is 9.97. The van der Waals surface area contributed by atoms with Crippen LogP contribution in [0.1, 0.15) is 32.6 Å². The van der Waals surface area contributed by atoms with Gasteiger partial charge in [0.1, 0.15) is 5.82 Å². The Bertz CT molecular complexity index is 395. The summed E-state index contributed by atoms with van der Waals surface area (Å²) in [7, 11) is 1.90. The smallest absolute Gasteiger partial charge is 0.141 e. The van der Waals surface area contributed by atoms with Crippen LogP contribution in [0.2, 0.25) is 0 Å². The highest BCUT2D eigenvalue weighted by molar-refractivity contribution is 5.09. The molecule has 0 saturated carbocycles. The number of halogens is 1. The molecular weight excluding hydrogens is 247 g/mol. The minimum absolute atomic E-state index is 0.0428. The van der Waals surface area contributed by atoms with Gasteiger partial charge in [0.15, 0.2) is 0 Å². The Labute approximate surface area is 113 Å². The summed E-state index contributed by atoms with van der Waals surface area (Å²) in [5.74, 6) is -0.490. The maximum Gasteiger partial charge on any atom is 0.141 e. The molecule has 2 N–H and O–H groups in total. The molecule has 0 aliphatic heterocycles. The number of aliphatic hydroxyl groups excluding tert-OH is 2. The maximum absolute atomic E-state index is 12.8. The van der Waals surface area contributed by atoms with Crippen molar-refractivity contribution in [2.24, 2.45) is 5.92 Å². The molecule has 0 saturated heterocycles. The van der Waals surface area contributed by atoms with Gasteiger partial charge in [-0.25, -0.2) is 4.39 Å². The first-order valence-electron chi connectivity index (χ1n) is 6.39. The van der Waals surface area contributed by atoms with E-state index >= 15 is 0 Å². The molecule has 2 unspecified atom stereocenters. The second-order valence-corrected chi connectivity index (χ2v) is 5.67. The van der Waals surface area contributed by atoms with Crippen LogP contribution in [0.15, 0.2) is 18.3 Å². The van der Waals surface area contributed by atoms with E-state index in [1.54, 1.807) is 0 Å². The number of nitrogens with zero attached hydrogens (tertiary/aromatic N) is 2. The molecule has 0 bridgehead atoms. The van der Waals surface area contributed by atoms with Crippen molar-refractivity contribution < 1.29 is 14.6 Å². The van der Waals surface area contributed by atoms with Gasteiger partial charge in [-0.3, -0.25) is 9.88 Å². The summed E-state index contributed by atoms with van der Waals surface area (Å²) in [5, 5.41) is 19.5. The minimum atomic E-state index is -0.752. The van der Waals surface area contributed by atoms with Crippen molar-refractivity contribution in [2.75, 3.05) is 20.2 Å². The number of likely N-dealkylation sites (N-methyl/N-ethyl adjacent to an activating group) is 1. The highest BCUT2D eigenvalue weighted by Gasteiger charge is 2.27. The molecular formula is C14H23FN2O2. The van der Waals surface area contributed by atoms with Crippen molar-refractivity contribution in [1.29, 1.82) is 0 Å². The molecule has 1 rings (SSSR count). The second kappa shape index (κ2) is 6.41. The highest BCUT2D eigenvalue weighted by Crippen LogP contribution is 2.23. The van der Waals surface area contributed by atoms with Gasteiger partial charge in [0.25, 0.3) is 0 Å². The monoisotopic (exact) mass is 270 g/mol. The van der Waals surface area contributed by atoms with Crippen LogP contribution in [-0.2, 0) is 0 Å². The molecule has 1 aromatic rings. The first-order chi connectivity index (χ1) is 8.77. The van der Waals surface area contributed by atoms with E-state index in [0.29, 0.717) is 12.2 Å². The van der Waals surface area contributed by atoms with Crippen LogP contribution in [-0.4, -0.2) is 45.8 Å². The Hall–Kier alpha value is -1.04. The summed E-state index contributed by atoms with van der Waals surface area (Å²) in [6, 6.07) is 2.79. The van der Waals surface area contributed by atoms with E-state index in [2.05, 4.69) is 4.98 Å². The van der Waals surface area contributed by atoms with Crippen LogP contribution < -0.4 is 0 Å². The lowest BCUT2D eigenvalue weighted by Gasteiger charge is -2.36. The molecule has 0 aliphatic carbocycles. The average Bonchev–Trinajstić information content (AvgIpc) is 2.38. The van der Waals surface area contributed by atoms with Gasteiger partial charge in [-0.05, 0) is 33.0 Å². The molecule has 1 heterocycles. The van der Waals surface area contributed by atoms with Gasteiger partial charge in [0, 0.05) is 18.0 Å². The number of hydrogen-bond acceptors (Lipinski definition) is 4. The van der Waals surface area contributed by atoms with Crippen molar-refractivity contribution >= 4 is 0 Å². The number of aromatic nitrogens is 1. The summed E-state index contributed by atoms with van der Waals surface area (Å²) in [6.45, 7) is 6.42. The summed E-state index contributed by atoms with van der Waals surface area (Å²) >= 11 is 0. The molecule has 5 heteroatoms. The van der Waals surface area contributed by atoms with E-state index in [1.165, 1.54) is 12.1 Å². The van der Waals surface area contributed by atoms with Crippen molar-refractivity contribution in [3.8, 4) is 0 Å². The van der Waals surface area contributed by atoms with Crippen LogP contribution in [0.3, 0.4) is 0 Å². The zero-order valence-electron chi connectivity index (χ0n) is 12.0. The first-order valence-corrected chi connectivity index (χ1v) is 6.39. The molecule has 4 nitrogen and oxygen atoms in total. The third-order valence-corrected chi connectivity index (χ3v) is 3.57. The third kappa shape index (κ3) is 4.23. The van der Waals surface area contributed by atoms with E-state index < -0.39 is 11.9 Å². The van der Waals surface area contributed by atoms with Crippen molar-refractivity contribution in [2.45, 2.75) is 32.4 Å². The van der Waals surface area contributed by atoms with Gasteiger partial charge in [-0.2, -0.15) is 0 Å². The largest absolute Gasteiger partial charge is 0.394 e. The third-order valence-electron chi connectivity index (χ3n) is 3.57. The molecule has 0 aromatic carbocycles. The number of aliphatic hydroxyl groups is 2. The molecule has 0 fully saturated rings. The van der Waals surface area contributed by atoms with Crippen LogP contribution in [0, 0.1) is 11.7 Å². The van der Waals surface area contributed by atoms with Crippen LogP contribution in [0.4, 0.5) is 4.39 Å². The molecule has 108 valence electrons. The summed E-state index contributed by atoms with van der Waals surface area (Å²) in [5.41, 5.74) is 0.119. The predicted molar refractivity (Wildman–Crippen MR) is 72.1 cm³/mol. The van der Waals surface area contributed by atoms with Gasteiger partial charge in [-0.15, -0.1) is 0 Å². The van der Waals surface area contributed by atoms with Crippen molar-refractivity contribution in [1.82, 2.24) is 9.88 Å². The van der Waals surface area contributed by atoms with Crippen molar-refractivity contribution in [3.63, 3.8) is 0 Å². The predicted octanol–water partition coefficient (Wildman–Crippen LogP) is 1.59. The lowest BCUT2D eigenvalue weighted by molar-refractivity contribution is 0.0338. The number of hydrogen-bond donors (Lipinski definition) is 2. The number of rotatable bonds is 6. The quantitative estimate of drug-likeness (QED) is 0.824. The van der Waals surface area contributed by atoms with Crippen LogP contribution in [0.5, 0.6) is 0 Å². The molecule has 0 radical (unpaired) electrons. The normalized spacial score (nSPS) is 15.6. The topological polar surface area (TPSA) is 56.6 Å². The van der Waals surface area contributed by atoms with Gasteiger partial charge in [-0.1, -0.05) is 6.92 Å². The van der Waals surface area contributed by atoms with Crippen LogP contribution in [0.25, 0.3) is 0 Å². The van der Waals surface area contributed by atoms with Crippen molar-refractivity contribution in [3.05, 3.63) is 29.8 Å². The summed E-state index contributed by atoms with van der Waals surface area (Å²) in [4.78, 5) is 5.89. The molecule has 2 atom stereocenters. The molecule has 0 amide bonds. The van der Waals surface area contributed by atoms with Gasteiger partial charge >= 0.3 is 0 Å². The van der Waals surface area contributed by atoms with E-state index in [9.17, 15) is 14.6 Å². The molecule has 0 aliphatic rings. The summed E-state index contributed by atoms with van der Waals surface area (Å²) in [6.07, 6.45) is 0.352. The van der Waals surface area contributed by atoms with E-state index in [1.807, 2.05) is 32.7 Å². The van der Waals surface area contributed by atoms with Gasteiger partial charge in [0.05, 0.1) is 24.6 Å². The number of pyridine rings is 1.